The van der Waals surface area contributed by atoms with Crippen molar-refractivity contribution >= 4 is 5.97 Å². The third-order valence-electron chi connectivity index (χ3n) is 3.22. The molecule has 2 rings (SSSR count). The third-order valence-corrected chi connectivity index (χ3v) is 3.22. The van der Waals surface area contributed by atoms with Crippen molar-refractivity contribution in [3.05, 3.63) is 29.6 Å². The molecule has 7 heteroatoms. The molecule has 2 aromatic heterocycles. The second-order valence-corrected chi connectivity index (χ2v) is 5.52. The number of rotatable bonds is 7. The van der Waals surface area contributed by atoms with Gasteiger partial charge in [0.2, 0.25) is 0 Å². The Kier molecular flexibility index (Phi) is 4.72. The lowest BCUT2D eigenvalue weighted by molar-refractivity contribution is 0.0689. The molecule has 0 aliphatic carbocycles. The lowest BCUT2D eigenvalue weighted by Gasteiger charge is -2.11. The summed E-state index contributed by atoms with van der Waals surface area (Å²) in [6.07, 6.45) is 5.23. The van der Waals surface area contributed by atoms with E-state index in [0.29, 0.717) is 24.6 Å². The minimum Gasteiger partial charge on any atom is -0.476 e. The van der Waals surface area contributed by atoms with Crippen molar-refractivity contribution in [2.24, 2.45) is 5.92 Å². The van der Waals surface area contributed by atoms with Crippen molar-refractivity contribution in [2.45, 2.75) is 46.7 Å². The summed E-state index contributed by atoms with van der Waals surface area (Å²) in [6.45, 7) is 7.57. The first-order chi connectivity index (χ1) is 10.0. The van der Waals surface area contributed by atoms with E-state index in [4.69, 9.17) is 0 Å². The molecule has 0 radical (unpaired) electrons. The molecule has 0 aliphatic heterocycles. The van der Waals surface area contributed by atoms with Crippen LogP contribution >= 0.6 is 0 Å². The summed E-state index contributed by atoms with van der Waals surface area (Å²) >= 11 is 0. The van der Waals surface area contributed by atoms with E-state index in [0.717, 1.165) is 18.7 Å². The molecule has 0 atom stereocenters. The van der Waals surface area contributed by atoms with Gasteiger partial charge in [-0.25, -0.2) is 14.5 Å². The third kappa shape index (κ3) is 3.48. The van der Waals surface area contributed by atoms with Gasteiger partial charge in [0, 0.05) is 6.54 Å². The van der Waals surface area contributed by atoms with E-state index in [1.165, 1.54) is 0 Å². The van der Waals surface area contributed by atoms with Crippen molar-refractivity contribution in [2.75, 3.05) is 0 Å². The Hall–Kier alpha value is -2.18. The number of aryl methyl sites for hydroxylation is 1. The van der Waals surface area contributed by atoms with Crippen LogP contribution in [-0.4, -0.2) is 35.6 Å². The van der Waals surface area contributed by atoms with Crippen LogP contribution in [0.2, 0.25) is 0 Å². The number of carboxylic acids is 1. The second kappa shape index (κ2) is 6.51. The van der Waals surface area contributed by atoms with Crippen molar-refractivity contribution in [1.82, 2.24) is 24.5 Å². The zero-order chi connectivity index (χ0) is 15.4. The molecule has 2 aromatic rings. The lowest BCUT2D eigenvalue weighted by Crippen LogP contribution is -2.14. The molecule has 1 N–H and O–H groups in total. The molecule has 0 aliphatic rings. The van der Waals surface area contributed by atoms with E-state index < -0.39 is 5.97 Å². The maximum Gasteiger partial charge on any atom is 0.358 e. The van der Waals surface area contributed by atoms with Crippen LogP contribution in [0, 0.1) is 5.92 Å². The summed E-state index contributed by atoms with van der Waals surface area (Å²) in [7, 11) is 0. The van der Waals surface area contributed by atoms with Gasteiger partial charge in [0.05, 0.1) is 30.5 Å². The Morgan fingerprint density at radius 1 is 1.43 bits per heavy atom. The van der Waals surface area contributed by atoms with Crippen LogP contribution in [0.15, 0.2) is 12.5 Å². The molecule has 0 aromatic carbocycles. The fraction of sp³-hybridized carbons (Fsp3) is 0.571. The van der Waals surface area contributed by atoms with Gasteiger partial charge in [-0.05, 0) is 18.8 Å². The summed E-state index contributed by atoms with van der Waals surface area (Å²) in [5.74, 6) is -0.695. The number of nitrogens with zero attached hydrogens (tertiary/aromatic N) is 5. The van der Waals surface area contributed by atoms with Gasteiger partial charge in [-0.2, -0.15) is 0 Å². The maximum absolute atomic E-state index is 11.3. The van der Waals surface area contributed by atoms with Crippen LogP contribution in [0.5, 0.6) is 0 Å². The molecular weight excluding hydrogens is 270 g/mol. The average molecular weight is 291 g/mol. The quantitative estimate of drug-likeness (QED) is 0.841. The van der Waals surface area contributed by atoms with Gasteiger partial charge in [0.1, 0.15) is 0 Å². The summed E-state index contributed by atoms with van der Waals surface area (Å²) in [5, 5.41) is 17.0. The highest BCUT2D eigenvalue weighted by atomic mass is 16.4. The van der Waals surface area contributed by atoms with Crippen LogP contribution in [0.1, 0.15) is 49.1 Å². The molecule has 0 bridgehead atoms. The van der Waals surface area contributed by atoms with E-state index in [-0.39, 0.29) is 5.69 Å². The molecule has 7 nitrogen and oxygen atoms in total. The normalized spacial score (nSPS) is 11.2. The van der Waals surface area contributed by atoms with Gasteiger partial charge < -0.3 is 9.67 Å². The maximum atomic E-state index is 11.3. The number of carboxylic acid groups (broad SMARTS) is 1. The minimum atomic E-state index is -1.03. The SMILES string of the molecule is CCCn1cncc1Cn1nnc(C(=O)O)c1CC(C)C. The van der Waals surface area contributed by atoms with Crippen molar-refractivity contribution in [1.29, 1.82) is 0 Å². The molecule has 0 unspecified atom stereocenters. The molecule has 0 saturated heterocycles. The van der Waals surface area contributed by atoms with Gasteiger partial charge in [-0.15, -0.1) is 5.10 Å². The van der Waals surface area contributed by atoms with Crippen LogP contribution in [0.3, 0.4) is 0 Å². The van der Waals surface area contributed by atoms with Crippen LogP contribution in [-0.2, 0) is 19.5 Å². The molecule has 0 amide bonds. The summed E-state index contributed by atoms with van der Waals surface area (Å²) < 4.78 is 3.73. The Morgan fingerprint density at radius 2 is 2.19 bits per heavy atom. The Bertz CT molecular complexity index is 615. The molecular formula is C14H21N5O2. The molecule has 21 heavy (non-hydrogen) atoms. The first-order valence-electron chi connectivity index (χ1n) is 7.17. The average Bonchev–Trinajstić information content (AvgIpc) is 2.99. The summed E-state index contributed by atoms with van der Waals surface area (Å²) in [6, 6.07) is 0. The van der Waals surface area contributed by atoms with Gasteiger partial charge in [-0.1, -0.05) is 26.0 Å². The van der Waals surface area contributed by atoms with Crippen molar-refractivity contribution in [3.8, 4) is 0 Å². The van der Waals surface area contributed by atoms with Crippen LogP contribution in [0.4, 0.5) is 0 Å². The topological polar surface area (TPSA) is 85.8 Å². The number of carbonyl (C=O) groups is 1. The van der Waals surface area contributed by atoms with E-state index >= 15 is 0 Å². The number of hydrogen-bond acceptors (Lipinski definition) is 4. The first-order valence-corrected chi connectivity index (χ1v) is 7.17. The highest BCUT2D eigenvalue weighted by Gasteiger charge is 2.20. The van der Waals surface area contributed by atoms with E-state index in [1.807, 2.05) is 13.8 Å². The zero-order valence-electron chi connectivity index (χ0n) is 12.7. The monoisotopic (exact) mass is 291 g/mol. The van der Waals surface area contributed by atoms with Crippen LogP contribution in [0.25, 0.3) is 0 Å². The Morgan fingerprint density at radius 3 is 2.81 bits per heavy atom. The van der Waals surface area contributed by atoms with Gasteiger partial charge >= 0.3 is 5.97 Å². The standard InChI is InChI=1S/C14H21N5O2/c1-4-5-18-9-15-7-11(18)8-19-12(6-10(2)3)13(14(20)21)16-17-19/h7,9-10H,4-6,8H2,1-3H3,(H,20,21). The molecule has 0 saturated carbocycles. The fourth-order valence-corrected chi connectivity index (χ4v) is 2.29. The second-order valence-electron chi connectivity index (χ2n) is 5.52. The van der Waals surface area contributed by atoms with E-state index in [9.17, 15) is 9.90 Å². The van der Waals surface area contributed by atoms with E-state index in [1.54, 1.807) is 17.2 Å². The Labute approximate surface area is 123 Å². The van der Waals surface area contributed by atoms with Gasteiger partial charge in [0.25, 0.3) is 0 Å². The fourth-order valence-electron chi connectivity index (χ4n) is 2.29. The largest absolute Gasteiger partial charge is 0.476 e. The number of hydrogen-bond donors (Lipinski definition) is 1. The predicted molar refractivity (Wildman–Crippen MR) is 77.1 cm³/mol. The molecule has 0 spiro atoms. The molecule has 114 valence electrons. The first kappa shape index (κ1) is 15.2. The van der Waals surface area contributed by atoms with Crippen molar-refractivity contribution in [3.63, 3.8) is 0 Å². The van der Waals surface area contributed by atoms with Crippen LogP contribution < -0.4 is 0 Å². The number of aromatic nitrogens is 5. The molecule has 0 fully saturated rings. The summed E-state index contributed by atoms with van der Waals surface area (Å²) in [5.41, 5.74) is 1.72. The zero-order valence-corrected chi connectivity index (χ0v) is 12.7. The Balaban J connectivity index is 2.30. The van der Waals surface area contributed by atoms with Crippen molar-refractivity contribution < 1.29 is 9.90 Å². The predicted octanol–water partition coefficient (Wildman–Crippen LogP) is 1.83. The lowest BCUT2D eigenvalue weighted by atomic mass is 10.1. The minimum absolute atomic E-state index is 0.0465. The smallest absolute Gasteiger partial charge is 0.358 e. The highest BCUT2D eigenvalue weighted by molar-refractivity contribution is 5.86. The van der Waals surface area contributed by atoms with Gasteiger partial charge in [-0.3, -0.25) is 0 Å². The number of aromatic carboxylic acids is 1. The van der Waals surface area contributed by atoms with E-state index in [2.05, 4.69) is 26.8 Å². The van der Waals surface area contributed by atoms with Gasteiger partial charge in [0.15, 0.2) is 5.69 Å². The summed E-state index contributed by atoms with van der Waals surface area (Å²) in [4.78, 5) is 15.4. The molecule has 2 heterocycles. The highest BCUT2D eigenvalue weighted by Crippen LogP contribution is 2.14. The number of imidazole rings is 1.